The van der Waals surface area contributed by atoms with Gasteiger partial charge in [-0.1, -0.05) is 226 Å². The third-order valence-electron chi connectivity index (χ3n) is 19.0. The second-order valence-corrected chi connectivity index (χ2v) is 29.3. The molecule has 3 aliphatic heterocycles. The highest BCUT2D eigenvalue weighted by Gasteiger charge is 2.61. The first-order valence-corrected chi connectivity index (χ1v) is 29.6. The highest BCUT2D eigenvalue weighted by molar-refractivity contribution is 7.00. The van der Waals surface area contributed by atoms with Gasteiger partial charge in [-0.25, -0.2) is 0 Å². The van der Waals surface area contributed by atoms with E-state index in [9.17, 15) is 0 Å². The van der Waals surface area contributed by atoms with E-state index in [1.54, 1.807) is 0 Å². The van der Waals surface area contributed by atoms with Crippen LogP contribution in [0.4, 0.5) is 45.5 Å². The molecule has 1 fully saturated rings. The molecule has 0 radical (unpaired) electrons. The second kappa shape index (κ2) is 18.1. The van der Waals surface area contributed by atoms with Crippen molar-refractivity contribution in [2.75, 3.05) is 14.7 Å². The molecule has 0 amide bonds. The van der Waals surface area contributed by atoms with Gasteiger partial charge in [-0.2, -0.15) is 0 Å². The topological polar surface area (TPSA) is 9.72 Å². The van der Waals surface area contributed by atoms with E-state index < -0.39 is 0 Å². The Hall–Kier alpha value is -6.78. The first-order chi connectivity index (χ1) is 37.2. The van der Waals surface area contributed by atoms with Crippen molar-refractivity contribution in [3.05, 3.63) is 209 Å². The third kappa shape index (κ3) is 8.43. The van der Waals surface area contributed by atoms with Crippen molar-refractivity contribution in [2.24, 2.45) is 0 Å². The standard InChI is InChI=1S/C75H84BN3/c1-69(2,3)50-28-30-52(31-29-50)75-43-23-22-42-74(75,16)79(63-27-21-20-26-59(63)75)57-38-40-61-65(48-57)77(56-36-32-51(33-37-56)70(4,5)6)66-46-55(73(13,14)15)47-67-68(66)76(61)60-39-34-54(72(10,11)12)45-64(60)78(67)62-41-35-53(71(7,8)9)44-58(62)49-24-18-17-19-25-49/h17-21,24-41,44-48H,22-23,42-43H2,1-16H3. The molecular weight excluding hydrogens is 954 g/mol. The molecule has 12 rings (SSSR count). The molecule has 1 saturated carbocycles. The predicted molar refractivity (Wildman–Crippen MR) is 342 cm³/mol. The number of benzene rings is 8. The van der Waals surface area contributed by atoms with Crippen molar-refractivity contribution in [2.45, 2.75) is 174 Å². The lowest BCUT2D eigenvalue weighted by Crippen LogP contribution is -2.61. The molecule has 79 heavy (non-hydrogen) atoms. The van der Waals surface area contributed by atoms with E-state index in [-0.39, 0.29) is 44.7 Å². The fourth-order valence-corrected chi connectivity index (χ4v) is 14.4. The summed E-state index contributed by atoms with van der Waals surface area (Å²) in [4.78, 5) is 8.13. The van der Waals surface area contributed by atoms with E-state index in [1.165, 1.54) is 125 Å². The van der Waals surface area contributed by atoms with Crippen molar-refractivity contribution in [1.82, 2.24) is 0 Å². The first-order valence-electron chi connectivity index (χ1n) is 29.6. The fourth-order valence-electron chi connectivity index (χ4n) is 14.4. The Morgan fingerprint density at radius 1 is 0.380 bits per heavy atom. The van der Waals surface area contributed by atoms with Gasteiger partial charge >= 0.3 is 0 Å². The minimum atomic E-state index is -0.217. The van der Waals surface area contributed by atoms with Crippen LogP contribution in [0.1, 0.15) is 175 Å². The summed E-state index contributed by atoms with van der Waals surface area (Å²) in [5.41, 5.74) is 25.5. The minimum absolute atomic E-state index is 0.00911. The lowest BCUT2D eigenvalue weighted by Gasteiger charge is -2.52. The predicted octanol–water partition coefficient (Wildman–Crippen LogP) is 18.7. The van der Waals surface area contributed by atoms with Crippen LogP contribution in [0.2, 0.25) is 0 Å². The lowest BCUT2D eigenvalue weighted by molar-refractivity contribution is 0.215. The summed E-state index contributed by atoms with van der Waals surface area (Å²) in [6.45, 7) is 37.8. The Balaban J connectivity index is 1.15. The Morgan fingerprint density at radius 3 is 1.48 bits per heavy atom. The zero-order valence-corrected chi connectivity index (χ0v) is 50.4. The van der Waals surface area contributed by atoms with Gasteiger partial charge in [0.2, 0.25) is 0 Å². The third-order valence-corrected chi connectivity index (χ3v) is 19.0. The van der Waals surface area contributed by atoms with Crippen LogP contribution in [0.3, 0.4) is 0 Å². The molecule has 0 spiro atoms. The van der Waals surface area contributed by atoms with Crippen molar-refractivity contribution in [3.63, 3.8) is 0 Å². The second-order valence-electron chi connectivity index (χ2n) is 29.3. The Morgan fingerprint density at radius 2 is 0.861 bits per heavy atom. The summed E-state index contributed by atoms with van der Waals surface area (Å²) < 4.78 is 0. The van der Waals surface area contributed by atoms with E-state index >= 15 is 0 Å². The summed E-state index contributed by atoms with van der Waals surface area (Å²) >= 11 is 0. The molecule has 3 nitrogen and oxygen atoms in total. The molecule has 8 aromatic carbocycles. The maximum atomic E-state index is 2.80. The van der Waals surface area contributed by atoms with Crippen molar-refractivity contribution >= 4 is 68.6 Å². The summed E-state index contributed by atoms with van der Waals surface area (Å²) in [5, 5.41) is 0. The largest absolute Gasteiger partial charge is 0.334 e. The number of hydrogen-bond acceptors (Lipinski definition) is 3. The molecule has 4 aliphatic rings. The molecule has 0 aromatic heterocycles. The molecule has 2 atom stereocenters. The van der Waals surface area contributed by atoms with Gasteiger partial charge in [0.25, 0.3) is 6.71 Å². The Kier molecular flexibility index (Phi) is 12.1. The molecule has 0 bridgehead atoms. The number of hydrogen-bond donors (Lipinski definition) is 0. The van der Waals surface area contributed by atoms with Gasteiger partial charge in [0, 0.05) is 50.8 Å². The fraction of sp³-hybridized carbons (Fsp3) is 0.360. The highest BCUT2D eigenvalue weighted by Crippen LogP contribution is 2.64. The van der Waals surface area contributed by atoms with Crippen LogP contribution in [0.25, 0.3) is 11.1 Å². The molecule has 4 heteroatoms. The normalized spacial score (nSPS) is 18.9. The number of nitrogens with zero attached hydrogens (tertiary/aromatic N) is 3. The van der Waals surface area contributed by atoms with Gasteiger partial charge in [0.1, 0.15) is 0 Å². The molecule has 0 N–H and O–H groups in total. The maximum absolute atomic E-state index is 2.80. The summed E-state index contributed by atoms with van der Waals surface area (Å²) in [6, 6.07) is 67.4. The van der Waals surface area contributed by atoms with Gasteiger partial charge in [0.05, 0.1) is 11.2 Å². The van der Waals surface area contributed by atoms with Crippen LogP contribution >= 0.6 is 0 Å². The van der Waals surface area contributed by atoms with Crippen LogP contribution in [0.15, 0.2) is 170 Å². The smallest absolute Gasteiger partial charge is 0.252 e. The molecule has 2 unspecified atom stereocenters. The average molecular weight is 1040 g/mol. The van der Waals surface area contributed by atoms with Crippen LogP contribution in [-0.2, 0) is 32.5 Å². The summed E-state index contributed by atoms with van der Waals surface area (Å²) in [6.07, 6.45) is 4.62. The van der Waals surface area contributed by atoms with Crippen molar-refractivity contribution in [1.29, 1.82) is 0 Å². The van der Waals surface area contributed by atoms with E-state index in [0.29, 0.717) is 0 Å². The molecular formula is C75H84BN3. The van der Waals surface area contributed by atoms with Crippen molar-refractivity contribution < 1.29 is 0 Å². The molecule has 402 valence electrons. The number of rotatable bonds is 5. The number of anilines is 8. The van der Waals surface area contributed by atoms with Crippen LogP contribution in [-0.4, -0.2) is 12.3 Å². The highest BCUT2D eigenvalue weighted by atomic mass is 15.3. The molecule has 8 aromatic rings. The van der Waals surface area contributed by atoms with Gasteiger partial charge in [-0.15, -0.1) is 0 Å². The van der Waals surface area contributed by atoms with E-state index in [2.05, 4.69) is 295 Å². The molecule has 1 aliphatic carbocycles. The molecule has 0 saturated heterocycles. The monoisotopic (exact) mass is 1040 g/mol. The number of fused-ring (bicyclic) bond motifs is 7. The van der Waals surface area contributed by atoms with Crippen LogP contribution in [0.5, 0.6) is 0 Å². The average Bonchev–Trinajstić information content (AvgIpc) is 2.57. The molecule has 3 heterocycles. The van der Waals surface area contributed by atoms with Gasteiger partial charge < -0.3 is 14.7 Å². The van der Waals surface area contributed by atoms with Crippen LogP contribution in [0, 0.1) is 0 Å². The first kappa shape index (κ1) is 52.9. The quantitative estimate of drug-likeness (QED) is 0.159. The van der Waals surface area contributed by atoms with Gasteiger partial charge in [-0.05, 0) is 168 Å². The Bertz CT molecular complexity index is 3660. The zero-order valence-electron chi connectivity index (χ0n) is 50.4. The lowest BCUT2D eigenvalue weighted by atomic mass is 9.33. The Labute approximate surface area is 475 Å². The SMILES string of the molecule is CC(C)(C)c1ccc(N2c3cc(N4c5ccccc5C5(c6ccc(C(C)(C)C)cc6)CCCCC45C)ccc3B3c4ccc(C(C)(C)C)cc4N(c4ccc(C(C)(C)C)cc4-c4ccccc4)c4cc(C(C)(C)C)cc2c43)cc1. The zero-order chi connectivity index (χ0) is 56.0. The van der Waals surface area contributed by atoms with Gasteiger partial charge in [-0.3, -0.25) is 0 Å². The van der Waals surface area contributed by atoms with Crippen molar-refractivity contribution in [3.8, 4) is 11.1 Å². The number of para-hydroxylation sites is 1. The van der Waals surface area contributed by atoms with Crippen LogP contribution < -0.4 is 31.1 Å². The summed E-state index contributed by atoms with van der Waals surface area (Å²) in [7, 11) is 0. The maximum Gasteiger partial charge on any atom is 0.252 e. The minimum Gasteiger partial charge on any atom is -0.334 e. The summed E-state index contributed by atoms with van der Waals surface area (Å²) in [5.74, 6) is 0. The van der Waals surface area contributed by atoms with E-state index in [4.69, 9.17) is 0 Å². The van der Waals surface area contributed by atoms with E-state index in [1.807, 2.05) is 0 Å². The van der Waals surface area contributed by atoms with E-state index in [0.717, 1.165) is 12.8 Å². The van der Waals surface area contributed by atoms with Gasteiger partial charge in [0.15, 0.2) is 0 Å².